The Morgan fingerprint density at radius 2 is 2.11 bits per heavy atom. The van der Waals surface area contributed by atoms with Crippen molar-refractivity contribution >= 4 is 0 Å². The molecule has 18 heavy (non-hydrogen) atoms. The number of hydrogen-bond donors (Lipinski definition) is 1. The van der Waals surface area contributed by atoms with Crippen molar-refractivity contribution in [2.45, 2.75) is 27.2 Å². The summed E-state index contributed by atoms with van der Waals surface area (Å²) in [5, 5.41) is 3.27. The average molecular weight is 244 g/mol. The van der Waals surface area contributed by atoms with Gasteiger partial charge in [0.1, 0.15) is 0 Å². The lowest BCUT2D eigenvalue weighted by molar-refractivity contribution is 0.497. The largest absolute Gasteiger partial charge is 0.441 e. The van der Waals surface area contributed by atoms with Crippen molar-refractivity contribution in [2.75, 3.05) is 13.1 Å². The van der Waals surface area contributed by atoms with E-state index < -0.39 is 0 Å². The van der Waals surface area contributed by atoms with Crippen molar-refractivity contribution in [3.63, 3.8) is 0 Å². The number of benzene rings is 1. The van der Waals surface area contributed by atoms with Crippen LogP contribution in [0.4, 0.5) is 0 Å². The highest BCUT2D eigenvalue weighted by Crippen LogP contribution is 2.26. The minimum Gasteiger partial charge on any atom is -0.441 e. The third-order valence-electron chi connectivity index (χ3n) is 3.19. The molecule has 96 valence electrons. The van der Waals surface area contributed by atoms with E-state index in [1.807, 2.05) is 6.20 Å². The Hall–Kier alpha value is -1.61. The van der Waals surface area contributed by atoms with Crippen molar-refractivity contribution in [3.05, 3.63) is 41.4 Å². The van der Waals surface area contributed by atoms with Gasteiger partial charge in [-0.25, -0.2) is 4.98 Å². The summed E-state index contributed by atoms with van der Waals surface area (Å²) in [7, 11) is 0. The van der Waals surface area contributed by atoms with E-state index in [1.54, 1.807) is 0 Å². The molecule has 0 aliphatic rings. The minimum atomic E-state index is 0.798. The van der Waals surface area contributed by atoms with E-state index in [0.29, 0.717) is 0 Å². The third-order valence-corrected chi connectivity index (χ3v) is 3.19. The Morgan fingerprint density at radius 1 is 1.28 bits per heavy atom. The molecule has 0 unspecified atom stereocenters. The molecule has 1 heterocycles. The first-order chi connectivity index (χ1) is 8.72. The quantitative estimate of drug-likeness (QED) is 0.821. The third kappa shape index (κ3) is 2.79. The Kier molecular flexibility index (Phi) is 4.15. The van der Waals surface area contributed by atoms with Gasteiger partial charge in [-0.3, -0.25) is 0 Å². The van der Waals surface area contributed by atoms with E-state index >= 15 is 0 Å². The van der Waals surface area contributed by atoms with Crippen molar-refractivity contribution < 1.29 is 4.42 Å². The van der Waals surface area contributed by atoms with Crippen LogP contribution in [-0.4, -0.2) is 18.1 Å². The fraction of sp³-hybridized carbons (Fsp3) is 0.400. The van der Waals surface area contributed by atoms with Crippen molar-refractivity contribution in [1.29, 1.82) is 0 Å². The standard InChI is InChI=1S/C15H20N2O/c1-4-16-9-8-15-17-10-14(18-15)13-7-5-6-11(2)12(13)3/h5-7,10,16H,4,8-9H2,1-3H3. The van der Waals surface area contributed by atoms with Crippen LogP contribution in [0, 0.1) is 13.8 Å². The molecule has 1 N–H and O–H groups in total. The van der Waals surface area contributed by atoms with E-state index in [1.165, 1.54) is 11.1 Å². The summed E-state index contributed by atoms with van der Waals surface area (Å²) in [4.78, 5) is 4.33. The van der Waals surface area contributed by atoms with Crippen molar-refractivity contribution in [1.82, 2.24) is 10.3 Å². The van der Waals surface area contributed by atoms with E-state index in [2.05, 4.69) is 49.3 Å². The molecule has 0 fully saturated rings. The Morgan fingerprint density at radius 3 is 2.89 bits per heavy atom. The number of oxazole rings is 1. The lowest BCUT2D eigenvalue weighted by Gasteiger charge is -2.04. The average Bonchev–Trinajstić information content (AvgIpc) is 2.82. The predicted molar refractivity (Wildman–Crippen MR) is 73.7 cm³/mol. The number of aryl methyl sites for hydroxylation is 1. The monoisotopic (exact) mass is 244 g/mol. The molecule has 0 atom stereocenters. The molecule has 2 aromatic rings. The van der Waals surface area contributed by atoms with Gasteiger partial charge in [0.2, 0.25) is 0 Å². The first kappa shape index (κ1) is 12.8. The number of rotatable bonds is 5. The fourth-order valence-electron chi connectivity index (χ4n) is 1.94. The molecule has 0 spiro atoms. The predicted octanol–water partition coefficient (Wildman–Crippen LogP) is 3.11. The van der Waals surface area contributed by atoms with Gasteiger partial charge >= 0.3 is 0 Å². The summed E-state index contributed by atoms with van der Waals surface area (Å²) in [6, 6.07) is 6.25. The molecule has 2 rings (SSSR count). The molecule has 0 bridgehead atoms. The SMILES string of the molecule is CCNCCc1ncc(-c2cccc(C)c2C)o1. The van der Waals surface area contributed by atoms with Gasteiger partial charge < -0.3 is 9.73 Å². The summed E-state index contributed by atoms with van der Waals surface area (Å²) in [6.45, 7) is 8.21. The molecule has 0 saturated heterocycles. The summed E-state index contributed by atoms with van der Waals surface area (Å²) in [5.74, 6) is 1.66. The lowest BCUT2D eigenvalue weighted by atomic mass is 10.0. The van der Waals surface area contributed by atoms with Crippen LogP contribution in [0.3, 0.4) is 0 Å². The highest BCUT2D eigenvalue weighted by molar-refractivity contribution is 5.62. The second-order valence-corrected chi connectivity index (χ2v) is 4.47. The molecule has 0 amide bonds. The van der Waals surface area contributed by atoms with E-state index in [4.69, 9.17) is 4.42 Å². The zero-order valence-corrected chi connectivity index (χ0v) is 11.3. The number of nitrogens with one attached hydrogen (secondary N) is 1. The van der Waals surface area contributed by atoms with Gasteiger partial charge in [0.05, 0.1) is 6.20 Å². The Balaban J connectivity index is 2.16. The number of nitrogens with zero attached hydrogens (tertiary/aromatic N) is 1. The maximum Gasteiger partial charge on any atom is 0.196 e. The number of hydrogen-bond acceptors (Lipinski definition) is 3. The van der Waals surface area contributed by atoms with Crippen molar-refractivity contribution in [3.8, 4) is 11.3 Å². The van der Waals surface area contributed by atoms with Crippen LogP contribution in [0.15, 0.2) is 28.8 Å². The molecule has 0 saturated carbocycles. The van der Waals surface area contributed by atoms with Crippen LogP contribution in [0.1, 0.15) is 23.9 Å². The van der Waals surface area contributed by atoms with Gasteiger partial charge in [0.25, 0.3) is 0 Å². The summed E-state index contributed by atoms with van der Waals surface area (Å²) < 4.78 is 5.80. The van der Waals surface area contributed by atoms with Crippen molar-refractivity contribution in [2.24, 2.45) is 0 Å². The summed E-state index contributed by atoms with van der Waals surface area (Å²) >= 11 is 0. The highest BCUT2D eigenvalue weighted by atomic mass is 16.4. The zero-order valence-electron chi connectivity index (χ0n) is 11.3. The zero-order chi connectivity index (χ0) is 13.0. The highest BCUT2D eigenvalue weighted by Gasteiger charge is 2.09. The molecule has 0 radical (unpaired) electrons. The smallest absolute Gasteiger partial charge is 0.196 e. The maximum absolute atomic E-state index is 5.80. The van der Waals surface area contributed by atoms with Gasteiger partial charge in [0.15, 0.2) is 11.7 Å². The molecule has 0 aliphatic heterocycles. The fourth-order valence-corrected chi connectivity index (χ4v) is 1.94. The topological polar surface area (TPSA) is 38.1 Å². The second-order valence-electron chi connectivity index (χ2n) is 4.47. The van der Waals surface area contributed by atoms with Crippen LogP contribution in [0.25, 0.3) is 11.3 Å². The van der Waals surface area contributed by atoms with E-state index in [9.17, 15) is 0 Å². The molecular weight excluding hydrogens is 224 g/mol. The number of aromatic nitrogens is 1. The van der Waals surface area contributed by atoms with Crippen LogP contribution in [0.2, 0.25) is 0 Å². The molecule has 1 aromatic heterocycles. The maximum atomic E-state index is 5.80. The van der Waals surface area contributed by atoms with Crippen LogP contribution >= 0.6 is 0 Å². The second kappa shape index (κ2) is 5.83. The molecule has 3 nitrogen and oxygen atoms in total. The number of likely N-dealkylation sites (N-methyl/N-ethyl adjacent to an activating group) is 1. The van der Waals surface area contributed by atoms with E-state index in [0.717, 1.165) is 36.7 Å². The summed E-state index contributed by atoms with van der Waals surface area (Å²) in [6.07, 6.45) is 2.65. The van der Waals surface area contributed by atoms with Gasteiger partial charge in [-0.1, -0.05) is 25.1 Å². The van der Waals surface area contributed by atoms with Gasteiger partial charge in [0, 0.05) is 18.5 Å². The summed E-state index contributed by atoms with van der Waals surface area (Å²) in [5.41, 5.74) is 3.67. The first-order valence-electron chi connectivity index (χ1n) is 6.44. The molecule has 0 aliphatic carbocycles. The molecule has 1 aromatic carbocycles. The Bertz CT molecular complexity index is 517. The van der Waals surface area contributed by atoms with Crippen LogP contribution < -0.4 is 5.32 Å². The van der Waals surface area contributed by atoms with Crippen LogP contribution in [-0.2, 0) is 6.42 Å². The normalized spacial score (nSPS) is 10.8. The molecule has 3 heteroatoms. The van der Waals surface area contributed by atoms with Gasteiger partial charge in [-0.15, -0.1) is 0 Å². The van der Waals surface area contributed by atoms with E-state index in [-0.39, 0.29) is 0 Å². The Labute approximate surface area is 108 Å². The minimum absolute atomic E-state index is 0.798. The lowest BCUT2D eigenvalue weighted by Crippen LogP contribution is -2.16. The first-order valence-corrected chi connectivity index (χ1v) is 6.44. The van der Waals surface area contributed by atoms with Gasteiger partial charge in [-0.05, 0) is 31.5 Å². The van der Waals surface area contributed by atoms with Gasteiger partial charge in [-0.2, -0.15) is 0 Å². The molecular formula is C15H20N2O. The van der Waals surface area contributed by atoms with Crippen LogP contribution in [0.5, 0.6) is 0 Å².